The fraction of sp³-hybridized carbons (Fsp3) is 0.667. The van der Waals surface area contributed by atoms with Crippen molar-refractivity contribution in [2.45, 2.75) is 46.0 Å². The Morgan fingerprint density at radius 3 is 2.80 bits per heavy atom. The smallest absolute Gasteiger partial charge is 0.0269 e. The Bertz CT molecular complexity index is 386. The van der Waals surface area contributed by atoms with Crippen molar-refractivity contribution in [1.29, 1.82) is 0 Å². The zero-order valence-electron chi connectivity index (χ0n) is 13.3. The van der Waals surface area contributed by atoms with Crippen LogP contribution in [0.1, 0.15) is 46.0 Å². The minimum absolute atomic E-state index is 0.922. The van der Waals surface area contributed by atoms with Crippen molar-refractivity contribution >= 4 is 0 Å². The summed E-state index contributed by atoms with van der Waals surface area (Å²) in [6.45, 7) is 12.9. The fourth-order valence-corrected chi connectivity index (χ4v) is 3.33. The van der Waals surface area contributed by atoms with Gasteiger partial charge in [-0.15, -0.1) is 0 Å². The monoisotopic (exact) mass is 274 g/mol. The Hall–Kier alpha value is -1.02. The number of nitrogens with one attached hydrogen (secondary N) is 1. The van der Waals surface area contributed by atoms with Crippen LogP contribution in [0.25, 0.3) is 0 Å². The Kier molecular flexibility index (Phi) is 5.90. The van der Waals surface area contributed by atoms with E-state index in [1.807, 2.05) is 0 Å². The number of rotatable bonds is 3. The second kappa shape index (κ2) is 7.68. The zero-order chi connectivity index (χ0) is 14.4. The van der Waals surface area contributed by atoms with Crippen LogP contribution in [-0.2, 0) is 0 Å². The second-order valence-electron chi connectivity index (χ2n) is 6.56. The fourth-order valence-electron chi connectivity index (χ4n) is 3.33. The van der Waals surface area contributed by atoms with E-state index >= 15 is 0 Å². The van der Waals surface area contributed by atoms with E-state index in [0.717, 1.165) is 31.1 Å². The Morgan fingerprint density at radius 1 is 1.35 bits per heavy atom. The van der Waals surface area contributed by atoms with E-state index < -0.39 is 0 Å². The van der Waals surface area contributed by atoms with Crippen molar-refractivity contribution in [1.82, 2.24) is 10.2 Å². The first-order valence-electron chi connectivity index (χ1n) is 8.14. The number of hydrogen-bond donors (Lipinski definition) is 1. The van der Waals surface area contributed by atoms with Gasteiger partial charge in [-0.1, -0.05) is 37.5 Å². The maximum Gasteiger partial charge on any atom is 0.0269 e. The Balaban J connectivity index is 1.95. The minimum Gasteiger partial charge on any atom is -0.389 e. The molecule has 2 heteroatoms. The molecule has 0 aromatic rings. The number of hydrogen-bond acceptors (Lipinski definition) is 2. The van der Waals surface area contributed by atoms with Gasteiger partial charge < -0.3 is 5.32 Å². The van der Waals surface area contributed by atoms with E-state index in [1.165, 1.54) is 49.8 Å². The molecule has 20 heavy (non-hydrogen) atoms. The summed E-state index contributed by atoms with van der Waals surface area (Å²) in [4.78, 5) is 2.63. The first-order valence-corrected chi connectivity index (χ1v) is 8.14. The van der Waals surface area contributed by atoms with Gasteiger partial charge in [0.05, 0.1) is 0 Å². The molecule has 0 saturated heterocycles. The van der Waals surface area contributed by atoms with Crippen molar-refractivity contribution < 1.29 is 0 Å². The van der Waals surface area contributed by atoms with Gasteiger partial charge in [0.2, 0.25) is 0 Å². The Labute approximate surface area is 124 Å². The van der Waals surface area contributed by atoms with E-state index in [-0.39, 0.29) is 0 Å². The molecular formula is C18H30N2. The van der Waals surface area contributed by atoms with Crippen molar-refractivity contribution in [2.24, 2.45) is 5.92 Å². The summed E-state index contributed by atoms with van der Waals surface area (Å²) >= 11 is 0. The molecule has 1 fully saturated rings. The second-order valence-corrected chi connectivity index (χ2v) is 6.56. The standard InChI is InChI=1S/C18H30N2/c1-15(2)18-11-16(3)13-20(10-9-19-12-18)14-17-7-5-4-6-8-17/h11-12,17,19H,1,4-10,13-14H2,2-3H3/b16-11+,18-12+. The first kappa shape index (κ1) is 15.4. The van der Waals surface area contributed by atoms with Crippen LogP contribution < -0.4 is 5.32 Å². The largest absolute Gasteiger partial charge is 0.389 e. The molecule has 0 atom stereocenters. The van der Waals surface area contributed by atoms with Gasteiger partial charge in [0, 0.05) is 32.4 Å². The summed E-state index contributed by atoms with van der Waals surface area (Å²) in [6, 6.07) is 0. The molecule has 0 aromatic heterocycles. The SMILES string of the molecule is C=C(C)C1=C/NCCN(CC2CCCCC2)C\C(C)=C\1. The van der Waals surface area contributed by atoms with Crippen LogP contribution in [-0.4, -0.2) is 31.1 Å². The highest BCUT2D eigenvalue weighted by Gasteiger charge is 2.17. The summed E-state index contributed by atoms with van der Waals surface area (Å²) in [7, 11) is 0. The van der Waals surface area contributed by atoms with Gasteiger partial charge in [-0.05, 0) is 43.8 Å². The van der Waals surface area contributed by atoms with Gasteiger partial charge in [-0.3, -0.25) is 4.90 Å². The van der Waals surface area contributed by atoms with Crippen LogP contribution in [0.2, 0.25) is 0 Å². The highest BCUT2D eigenvalue weighted by Crippen LogP contribution is 2.24. The predicted octanol–water partition coefficient (Wildman–Crippen LogP) is 3.88. The molecule has 0 aromatic carbocycles. The average Bonchev–Trinajstić information content (AvgIpc) is 2.50. The molecule has 1 aliphatic carbocycles. The van der Waals surface area contributed by atoms with Crippen molar-refractivity contribution in [3.63, 3.8) is 0 Å². The lowest BCUT2D eigenvalue weighted by Gasteiger charge is -2.29. The van der Waals surface area contributed by atoms with Gasteiger partial charge in [0.1, 0.15) is 0 Å². The van der Waals surface area contributed by atoms with E-state index in [2.05, 4.69) is 42.9 Å². The molecule has 0 unspecified atom stereocenters. The average molecular weight is 274 g/mol. The molecular weight excluding hydrogens is 244 g/mol. The summed E-state index contributed by atoms with van der Waals surface area (Å²) < 4.78 is 0. The maximum absolute atomic E-state index is 4.06. The zero-order valence-corrected chi connectivity index (χ0v) is 13.3. The summed E-state index contributed by atoms with van der Waals surface area (Å²) in [5.74, 6) is 0.922. The molecule has 1 heterocycles. The van der Waals surface area contributed by atoms with Crippen LogP contribution >= 0.6 is 0 Å². The summed E-state index contributed by atoms with van der Waals surface area (Å²) in [5, 5.41) is 3.44. The van der Waals surface area contributed by atoms with E-state index in [4.69, 9.17) is 0 Å². The molecule has 2 rings (SSSR count). The first-order chi connectivity index (χ1) is 9.65. The van der Waals surface area contributed by atoms with Crippen LogP contribution in [0.15, 0.2) is 35.6 Å². The highest BCUT2D eigenvalue weighted by molar-refractivity contribution is 5.38. The van der Waals surface area contributed by atoms with Crippen LogP contribution in [0.5, 0.6) is 0 Å². The van der Waals surface area contributed by atoms with Gasteiger partial charge in [-0.25, -0.2) is 0 Å². The molecule has 112 valence electrons. The van der Waals surface area contributed by atoms with Crippen molar-refractivity contribution in [3.05, 3.63) is 35.6 Å². The van der Waals surface area contributed by atoms with Crippen LogP contribution in [0.3, 0.4) is 0 Å². The van der Waals surface area contributed by atoms with E-state index in [0.29, 0.717) is 0 Å². The summed E-state index contributed by atoms with van der Waals surface area (Å²) in [6.07, 6.45) is 11.6. The molecule has 0 bridgehead atoms. The molecule has 0 radical (unpaired) electrons. The maximum atomic E-state index is 4.06. The lowest BCUT2D eigenvalue weighted by Crippen LogP contribution is -2.36. The topological polar surface area (TPSA) is 15.3 Å². The van der Waals surface area contributed by atoms with E-state index in [9.17, 15) is 0 Å². The molecule has 1 aliphatic heterocycles. The third kappa shape index (κ3) is 4.82. The summed E-state index contributed by atoms with van der Waals surface area (Å²) in [5.41, 5.74) is 3.82. The van der Waals surface area contributed by atoms with Gasteiger partial charge in [0.15, 0.2) is 0 Å². The van der Waals surface area contributed by atoms with Gasteiger partial charge >= 0.3 is 0 Å². The van der Waals surface area contributed by atoms with Crippen molar-refractivity contribution in [2.75, 3.05) is 26.2 Å². The molecule has 2 nitrogen and oxygen atoms in total. The predicted molar refractivity (Wildman–Crippen MR) is 87.7 cm³/mol. The van der Waals surface area contributed by atoms with E-state index in [1.54, 1.807) is 0 Å². The molecule has 0 amide bonds. The normalized spacial score (nSPS) is 28.1. The van der Waals surface area contributed by atoms with Gasteiger partial charge in [-0.2, -0.15) is 0 Å². The Morgan fingerprint density at radius 2 is 2.10 bits per heavy atom. The van der Waals surface area contributed by atoms with Gasteiger partial charge in [0.25, 0.3) is 0 Å². The highest BCUT2D eigenvalue weighted by atomic mass is 15.1. The lowest BCUT2D eigenvalue weighted by molar-refractivity contribution is 0.215. The minimum atomic E-state index is 0.922. The number of nitrogens with zero attached hydrogens (tertiary/aromatic N) is 1. The quantitative estimate of drug-likeness (QED) is 0.840. The van der Waals surface area contributed by atoms with Crippen molar-refractivity contribution in [3.8, 4) is 0 Å². The third-order valence-corrected chi connectivity index (χ3v) is 4.44. The molecule has 1 N–H and O–H groups in total. The molecule has 2 aliphatic rings. The third-order valence-electron chi connectivity index (χ3n) is 4.44. The van der Waals surface area contributed by atoms with Crippen LogP contribution in [0.4, 0.5) is 0 Å². The number of allylic oxidation sites excluding steroid dienone is 3. The molecule has 1 saturated carbocycles. The van der Waals surface area contributed by atoms with Crippen LogP contribution in [0, 0.1) is 5.92 Å². The molecule has 0 spiro atoms. The lowest BCUT2D eigenvalue weighted by atomic mass is 9.89.